The van der Waals surface area contributed by atoms with Crippen LogP contribution in [-0.4, -0.2) is 29.7 Å². The molecule has 0 aliphatic carbocycles. The number of nitrogens with one attached hydrogen (secondary N) is 3. The van der Waals surface area contributed by atoms with E-state index in [9.17, 15) is 21.6 Å². The molecule has 0 bridgehead atoms. The van der Waals surface area contributed by atoms with Gasteiger partial charge in [0, 0.05) is 18.0 Å². The van der Waals surface area contributed by atoms with Crippen molar-refractivity contribution in [3.63, 3.8) is 0 Å². The van der Waals surface area contributed by atoms with Gasteiger partial charge in [-0.2, -0.15) is 18.3 Å². The average molecular weight is 547 g/mol. The van der Waals surface area contributed by atoms with Gasteiger partial charge in [-0.25, -0.2) is 23.1 Å². The van der Waals surface area contributed by atoms with Gasteiger partial charge in [0.25, 0.3) is 10.0 Å². The third-order valence-electron chi connectivity index (χ3n) is 4.71. The Balaban J connectivity index is 1.37. The van der Waals surface area contributed by atoms with Crippen molar-refractivity contribution in [2.45, 2.75) is 11.1 Å². The average Bonchev–Trinajstić information content (AvgIpc) is 3.33. The number of para-hydroxylation sites is 1. The second kappa shape index (κ2) is 10.8. The number of furan rings is 1. The van der Waals surface area contributed by atoms with Crippen molar-refractivity contribution in [2.24, 2.45) is 5.10 Å². The molecule has 0 aliphatic heterocycles. The molecule has 0 saturated carbocycles. The molecule has 3 N–H and O–H groups in total. The fraction of sp³-hybridized carbons (Fsp3) is 0.0435. The number of hydrogen-bond acceptors (Lipinski definition) is 7. The highest BCUT2D eigenvalue weighted by molar-refractivity contribution is 7.92. The van der Waals surface area contributed by atoms with Gasteiger partial charge < -0.3 is 9.73 Å². The Labute approximate surface area is 214 Å². The summed E-state index contributed by atoms with van der Waals surface area (Å²) in [6.45, 7) is 0. The van der Waals surface area contributed by atoms with Gasteiger partial charge in [0.15, 0.2) is 5.11 Å². The number of halogens is 3. The summed E-state index contributed by atoms with van der Waals surface area (Å²) in [6.07, 6.45) is -0.422. The summed E-state index contributed by atoms with van der Waals surface area (Å²) in [7, 11) is -3.88. The highest BCUT2D eigenvalue weighted by Crippen LogP contribution is 2.34. The van der Waals surface area contributed by atoms with Crippen molar-refractivity contribution >= 4 is 45.2 Å². The van der Waals surface area contributed by atoms with E-state index in [1.807, 2.05) is 0 Å². The molecule has 9 nitrogen and oxygen atoms in total. The molecule has 190 valence electrons. The van der Waals surface area contributed by atoms with E-state index in [4.69, 9.17) is 16.6 Å². The first-order valence-electron chi connectivity index (χ1n) is 10.4. The van der Waals surface area contributed by atoms with E-state index in [1.165, 1.54) is 48.9 Å². The molecule has 2 heterocycles. The van der Waals surface area contributed by atoms with Crippen molar-refractivity contribution in [3.8, 4) is 11.3 Å². The van der Waals surface area contributed by atoms with E-state index in [0.717, 1.165) is 6.07 Å². The van der Waals surface area contributed by atoms with Gasteiger partial charge in [-0.05, 0) is 66.8 Å². The third-order valence-corrected chi connectivity index (χ3v) is 6.24. The highest BCUT2D eigenvalue weighted by atomic mass is 32.2. The molecule has 0 fully saturated rings. The second-order valence-corrected chi connectivity index (χ2v) is 9.36. The summed E-state index contributed by atoms with van der Waals surface area (Å²) in [5.41, 5.74) is 1.96. The largest absolute Gasteiger partial charge is 0.455 e. The molecule has 0 unspecified atom stereocenters. The van der Waals surface area contributed by atoms with Gasteiger partial charge >= 0.3 is 6.18 Å². The molecule has 2 aromatic heterocycles. The monoisotopic (exact) mass is 546 g/mol. The first kappa shape index (κ1) is 25.8. The molecule has 4 aromatic rings. The predicted octanol–water partition coefficient (Wildman–Crippen LogP) is 4.88. The van der Waals surface area contributed by atoms with Gasteiger partial charge in [-0.1, -0.05) is 12.1 Å². The van der Waals surface area contributed by atoms with Crippen LogP contribution in [0, 0.1) is 0 Å². The van der Waals surface area contributed by atoms with E-state index in [1.54, 1.807) is 30.3 Å². The zero-order chi connectivity index (χ0) is 26.5. The number of benzene rings is 2. The lowest BCUT2D eigenvalue weighted by Gasteiger charge is -2.14. The molecule has 0 aliphatic rings. The SMILES string of the molecule is O=S(=O)(Nc1ncccn1)c1ccc(-c2ccc(C=NNC(=S)Nc3ccccc3C(F)(F)F)o2)cc1. The Hall–Kier alpha value is -4.30. The summed E-state index contributed by atoms with van der Waals surface area (Å²) in [6, 6.07) is 15.7. The highest BCUT2D eigenvalue weighted by Gasteiger charge is 2.33. The van der Waals surface area contributed by atoms with Crippen molar-refractivity contribution in [1.82, 2.24) is 15.4 Å². The fourth-order valence-electron chi connectivity index (χ4n) is 3.05. The van der Waals surface area contributed by atoms with Gasteiger partial charge in [-0.15, -0.1) is 0 Å². The van der Waals surface area contributed by atoms with Crippen LogP contribution < -0.4 is 15.5 Å². The quantitative estimate of drug-likeness (QED) is 0.170. The van der Waals surface area contributed by atoms with E-state index in [0.29, 0.717) is 17.1 Å². The molecular formula is C23H17F3N6O3S2. The van der Waals surface area contributed by atoms with Crippen LogP contribution in [-0.2, 0) is 16.2 Å². The maximum absolute atomic E-state index is 13.1. The molecule has 37 heavy (non-hydrogen) atoms. The van der Waals surface area contributed by atoms with Crippen molar-refractivity contribution < 1.29 is 26.0 Å². The Morgan fingerprint density at radius 1 is 0.973 bits per heavy atom. The van der Waals surface area contributed by atoms with Gasteiger partial charge in [-0.3, -0.25) is 5.43 Å². The van der Waals surface area contributed by atoms with Crippen LogP contribution >= 0.6 is 12.2 Å². The number of alkyl halides is 3. The Morgan fingerprint density at radius 3 is 2.38 bits per heavy atom. The summed E-state index contributed by atoms with van der Waals surface area (Å²) >= 11 is 5.00. The molecule has 0 radical (unpaired) electrons. The Kier molecular flexibility index (Phi) is 7.50. The molecule has 0 spiro atoms. The summed E-state index contributed by atoms with van der Waals surface area (Å²) in [5.74, 6) is 0.708. The number of sulfonamides is 1. The van der Waals surface area contributed by atoms with Gasteiger partial charge in [0.1, 0.15) is 11.5 Å². The van der Waals surface area contributed by atoms with Crippen molar-refractivity contribution in [3.05, 3.63) is 90.4 Å². The summed E-state index contributed by atoms with van der Waals surface area (Å²) < 4.78 is 72.3. The lowest BCUT2D eigenvalue weighted by Crippen LogP contribution is -2.25. The molecular weight excluding hydrogens is 529 g/mol. The minimum absolute atomic E-state index is 0.00866. The van der Waals surface area contributed by atoms with Crippen LogP contribution in [0.5, 0.6) is 0 Å². The second-order valence-electron chi connectivity index (χ2n) is 7.27. The Bertz CT molecular complexity index is 1520. The smallest absolute Gasteiger partial charge is 0.418 e. The molecule has 0 amide bonds. The number of thiocarbonyl (C=S) groups is 1. The maximum atomic E-state index is 13.1. The van der Waals surface area contributed by atoms with Crippen LogP contribution in [0.15, 0.2) is 93.5 Å². The minimum atomic E-state index is -4.54. The standard InChI is InChI=1S/C23H17F3N6O3S2/c24-23(25,26)18-4-1-2-5-19(18)30-22(36)31-29-14-16-8-11-20(35-16)15-6-9-17(10-7-15)37(33,34)32-21-27-12-3-13-28-21/h1-14H,(H,27,28,32)(H2,30,31,36). The van der Waals surface area contributed by atoms with E-state index in [2.05, 4.69) is 30.5 Å². The molecule has 14 heteroatoms. The zero-order valence-corrected chi connectivity index (χ0v) is 20.2. The van der Waals surface area contributed by atoms with Crippen molar-refractivity contribution in [2.75, 3.05) is 10.0 Å². The third kappa shape index (κ3) is 6.68. The van der Waals surface area contributed by atoms with Gasteiger partial charge in [0.2, 0.25) is 5.95 Å². The molecule has 0 atom stereocenters. The summed E-state index contributed by atoms with van der Waals surface area (Å²) in [4.78, 5) is 7.68. The van der Waals surface area contributed by atoms with Gasteiger partial charge in [0.05, 0.1) is 22.4 Å². The first-order valence-corrected chi connectivity index (χ1v) is 12.3. The topological polar surface area (TPSA) is 122 Å². The van der Waals surface area contributed by atoms with Crippen molar-refractivity contribution in [1.29, 1.82) is 0 Å². The number of hydrazone groups is 1. The molecule has 2 aromatic carbocycles. The lowest BCUT2D eigenvalue weighted by atomic mass is 10.2. The zero-order valence-electron chi connectivity index (χ0n) is 18.6. The van der Waals surface area contributed by atoms with Crippen LogP contribution in [0.2, 0.25) is 0 Å². The number of rotatable bonds is 7. The number of hydrogen-bond donors (Lipinski definition) is 3. The minimum Gasteiger partial charge on any atom is -0.455 e. The van der Waals surface area contributed by atoms with Crippen LogP contribution in [0.4, 0.5) is 24.8 Å². The van der Waals surface area contributed by atoms with E-state index in [-0.39, 0.29) is 21.6 Å². The maximum Gasteiger partial charge on any atom is 0.418 e. The normalized spacial score (nSPS) is 11.9. The fourth-order valence-corrected chi connectivity index (χ4v) is 4.17. The van der Waals surface area contributed by atoms with Crippen LogP contribution in [0.3, 0.4) is 0 Å². The molecule has 4 rings (SSSR count). The van der Waals surface area contributed by atoms with E-state index >= 15 is 0 Å². The number of anilines is 2. The number of nitrogens with zero attached hydrogens (tertiary/aromatic N) is 3. The van der Waals surface area contributed by atoms with E-state index < -0.39 is 21.8 Å². The number of aromatic nitrogens is 2. The lowest BCUT2D eigenvalue weighted by molar-refractivity contribution is -0.136. The summed E-state index contributed by atoms with van der Waals surface area (Å²) in [5, 5.41) is 6.18. The molecule has 0 saturated heterocycles. The van der Waals surface area contributed by atoms with Crippen LogP contribution in [0.1, 0.15) is 11.3 Å². The first-order chi connectivity index (χ1) is 17.6. The van der Waals surface area contributed by atoms with Crippen LogP contribution in [0.25, 0.3) is 11.3 Å². The predicted molar refractivity (Wildman–Crippen MR) is 135 cm³/mol. The Morgan fingerprint density at radius 2 is 1.68 bits per heavy atom.